The summed E-state index contributed by atoms with van der Waals surface area (Å²) in [5.41, 5.74) is 7.38. The van der Waals surface area contributed by atoms with E-state index in [0.29, 0.717) is 41.8 Å². The first-order valence-corrected chi connectivity index (χ1v) is 8.62. The summed E-state index contributed by atoms with van der Waals surface area (Å²) in [6.45, 7) is 0.940. The molecular formula is C19H15FN6O2. The highest BCUT2D eigenvalue weighted by molar-refractivity contribution is 5.91. The Bertz CT molecular complexity index is 1260. The molecular weight excluding hydrogens is 363 g/mol. The van der Waals surface area contributed by atoms with Gasteiger partial charge in [-0.05, 0) is 42.5 Å². The molecule has 0 unspecified atom stereocenters. The second-order valence-electron chi connectivity index (χ2n) is 6.17. The lowest BCUT2D eigenvalue weighted by Crippen LogP contribution is -2.09. The summed E-state index contributed by atoms with van der Waals surface area (Å²) in [5, 5.41) is 5.20. The van der Waals surface area contributed by atoms with E-state index in [1.807, 2.05) is 16.8 Å². The molecule has 1 aromatic carbocycles. The summed E-state index contributed by atoms with van der Waals surface area (Å²) in [7, 11) is 0. The molecule has 140 valence electrons. The monoisotopic (exact) mass is 378 g/mol. The molecule has 0 aliphatic heterocycles. The van der Waals surface area contributed by atoms with Crippen LogP contribution >= 0.6 is 0 Å². The zero-order valence-electron chi connectivity index (χ0n) is 14.6. The van der Waals surface area contributed by atoms with Crippen molar-refractivity contribution in [2.45, 2.75) is 6.54 Å². The fourth-order valence-corrected chi connectivity index (χ4v) is 3.05. The lowest BCUT2D eigenvalue weighted by atomic mass is 10.3. The minimum atomic E-state index is -0.297. The fraction of sp³-hybridized carbons (Fsp3) is 0.105. The van der Waals surface area contributed by atoms with Crippen LogP contribution < -0.4 is 10.5 Å². The SMILES string of the molecule is Nc1nc2c(ccn2CCOc2ccc(F)cc2)c2nc(-c3ccco3)nn12. The molecule has 4 heterocycles. The van der Waals surface area contributed by atoms with Crippen LogP contribution in [0, 0.1) is 5.82 Å². The van der Waals surface area contributed by atoms with Crippen molar-refractivity contribution in [3.63, 3.8) is 0 Å². The van der Waals surface area contributed by atoms with Crippen LogP contribution in [0.4, 0.5) is 10.3 Å². The van der Waals surface area contributed by atoms with Crippen LogP contribution in [0.25, 0.3) is 28.3 Å². The largest absolute Gasteiger partial charge is 0.492 e. The molecule has 5 rings (SSSR count). The van der Waals surface area contributed by atoms with Crippen molar-refractivity contribution < 1.29 is 13.5 Å². The number of nitrogen functional groups attached to an aromatic ring is 1. The second kappa shape index (κ2) is 6.38. The Balaban J connectivity index is 1.45. The predicted octanol–water partition coefficient (Wildman–Crippen LogP) is 3.14. The number of nitrogens with zero attached hydrogens (tertiary/aromatic N) is 5. The number of halogens is 1. The molecule has 0 spiro atoms. The average Bonchev–Trinajstić information content (AvgIpc) is 3.42. The van der Waals surface area contributed by atoms with E-state index in [1.165, 1.54) is 16.6 Å². The van der Waals surface area contributed by atoms with Gasteiger partial charge in [0, 0.05) is 6.20 Å². The number of ether oxygens (including phenoxy) is 1. The molecule has 0 aliphatic carbocycles. The second-order valence-corrected chi connectivity index (χ2v) is 6.17. The van der Waals surface area contributed by atoms with Gasteiger partial charge in [-0.2, -0.15) is 9.50 Å². The normalized spacial score (nSPS) is 11.5. The standard InChI is InChI=1S/C19H15FN6O2/c20-12-3-5-13(6-4-12)27-11-9-25-8-7-14-17(25)23-19(21)26-18(14)22-16(24-26)15-2-1-10-28-15/h1-8,10H,9,11H2,(H2,21,23). The highest BCUT2D eigenvalue weighted by Crippen LogP contribution is 2.24. The number of furan rings is 1. The van der Waals surface area contributed by atoms with Crippen LogP contribution in [-0.4, -0.2) is 30.8 Å². The quantitative estimate of drug-likeness (QED) is 0.505. The maximum Gasteiger partial charge on any atom is 0.225 e. The maximum absolute atomic E-state index is 13.0. The van der Waals surface area contributed by atoms with Crippen LogP contribution in [0.5, 0.6) is 5.75 Å². The van der Waals surface area contributed by atoms with Crippen molar-refractivity contribution in [2.75, 3.05) is 12.3 Å². The number of aromatic nitrogens is 5. The van der Waals surface area contributed by atoms with Crippen molar-refractivity contribution in [2.24, 2.45) is 0 Å². The number of hydrogen-bond donors (Lipinski definition) is 1. The van der Waals surface area contributed by atoms with Gasteiger partial charge in [-0.3, -0.25) is 0 Å². The summed E-state index contributed by atoms with van der Waals surface area (Å²) < 4.78 is 27.4. The van der Waals surface area contributed by atoms with Gasteiger partial charge in [0.1, 0.15) is 23.8 Å². The van der Waals surface area contributed by atoms with Crippen LogP contribution in [0.1, 0.15) is 0 Å². The summed E-state index contributed by atoms with van der Waals surface area (Å²) in [6.07, 6.45) is 3.46. The molecule has 5 aromatic rings. The molecule has 0 fully saturated rings. The minimum absolute atomic E-state index is 0.229. The Kier molecular flexibility index (Phi) is 3.71. The number of nitrogens with two attached hydrogens (primary N) is 1. The lowest BCUT2D eigenvalue weighted by Gasteiger charge is -2.08. The van der Waals surface area contributed by atoms with E-state index in [9.17, 15) is 4.39 Å². The molecule has 2 N–H and O–H groups in total. The molecule has 0 amide bonds. The van der Waals surface area contributed by atoms with Gasteiger partial charge in [0.2, 0.25) is 11.8 Å². The van der Waals surface area contributed by atoms with Crippen LogP contribution in [-0.2, 0) is 6.54 Å². The zero-order valence-corrected chi connectivity index (χ0v) is 14.6. The zero-order chi connectivity index (χ0) is 19.1. The van der Waals surface area contributed by atoms with Crippen molar-refractivity contribution in [3.8, 4) is 17.3 Å². The van der Waals surface area contributed by atoms with Gasteiger partial charge < -0.3 is 19.5 Å². The Hall–Kier alpha value is -3.88. The Labute approximate surface area is 158 Å². The molecule has 0 bridgehead atoms. The third-order valence-corrected chi connectivity index (χ3v) is 4.38. The van der Waals surface area contributed by atoms with Gasteiger partial charge in [0.25, 0.3) is 0 Å². The van der Waals surface area contributed by atoms with Crippen LogP contribution in [0.3, 0.4) is 0 Å². The van der Waals surface area contributed by atoms with Crippen molar-refractivity contribution in [1.29, 1.82) is 0 Å². The number of hydrogen-bond acceptors (Lipinski definition) is 6. The molecule has 0 saturated carbocycles. The summed E-state index contributed by atoms with van der Waals surface area (Å²) >= 11 is 0. The summed E-state index contributed by atoms with van der Waals surface area (Å²) in [5.74, 6) is 1.54. The fourth-order valence-electron chi connectivity index (χ4n) is 3.05. The molecule has 0 aliphatic rings. The van der Waals surface area contributed by atoms with Crippen LogP contribution in [0.2, 0.25) is 0 Å². The Morgan fingerprint density at radius 2 is 1.93 bits per heavy atom. The minimum Gasteiger partial charge on any atom is -0.492 e. The Morgan fingerprint density at radius 3 is 2.71 bits per heavy atom. The van der Waals surface area contributed by atoms with Gasteiger partial charge in [-0.15, -0.1) is 5.10 Å². The predicted molar refractivity (Wildman–Crippen MR) is 100 cm³/mol. The Morgan fingerprint density at radius 1 is 1.07 bits per heavy atom. The lowest BCUT2D eigenvalue weighted by molar-refractivity contribution is 0.299. The third-order valence-electron chi connectivity index (χ3n) is 4.38. The molecule has 0 radical (unpaired) electrons. The van der Waals surface area contributed by atoms with E-state index in [1.54, 1.807) is 30.5 Å². The molecule has 28 heavy (non-hydrogen) atoms. The summed E-state index contributed by atoms with van der Waals surface area (Å²) in [4.78, 5) is 9.01. The highest BCUT2D eigenvalue weighted by Gasteiger charge is 2.16. The van der Waals surface area contributed by atoms with E-state index in [2.05, 4.69) is 15.1 Å². The average molecular weight is 378 g/mol. The number of anilines is 1. The molecule has 0 saturated heterocycles. The smallest absolute Gasteiger partial charge is 0.225 e. The van der Waals surface area contributed by atoms with Gasteiger partial charge in [-0.1, -0.05) is 0 Å². The van der Waals surface area contributed by atoms with Crippen molar-refractivity contribution in [1.82, 2.24) is 24.1 Å². The van der Waals surface area contributed by atoms with Gasteiger partial charge in [0.05, 0.1) is 18.2 Å². The van der Waals surface area contributed by atoms with Crippen molar-refractivity contribution in [3.05, 3.63) is 60.7 Å². The van der Waals surface area contributed by atoms with E-state index in [4.69, 9.17) is 14.9 Å². The first-order chi connectivity index (χ1) is 13.7. The number of benzene rings is 1. The topological polar surface area (TPSA) is 96.4 Å². The van der Waals surface area contributed by atoms with Crippen molar-refractivity contribution >= 4 is 22.6 Å². The molecule has 8 nitrogen and oxygen atoms in total. The molecule has 0 atom stereocenters. The molecule has 9 heteroatoms. The van der Waals surface area contributed by atoms with Gasteiger partial charge in [0.15, 0.2) is 11.4 Å². The maximum atomic E-state index is 13.0. The van der Waals surface area contributed by atoms with Gasteiger partial charge >= 0.3 is 0 Å². The van der Waals surface area contributed by atoms with Crippen LogP contribution in [0.15, 0.2) is 59.3 Å². The van der Waals surface area contributed by atoms with E-state index < -0.39 is 0 Å². The van der Waals surface area contributed by atoms with E-state index in [-0.39, 0.29) is 11.8 Å². The van der Waals surface area contributed by atoms with E-state index in [0.717, 1.165) is 5.39 Å². The first-order valence-electron chi connectivity index (χ1n) is 8.62. The number of fused-ring (bicyclic) bond motifs is 3. The number of rotatable bonds is 5. The van der Waals surface area contributed by atoms with E-state index >= 15 is 0 Å². The summed E-state index contributed by atoms with van der Waals surface area (Å²) in [6, 6.07) is 11.4. The third kappa shape index (κ3) is 2.73. The van der Waals surface area contributed by atoms with Gasteiger partial charge in [-0.25, -0.2) is 9.37 Å². The highest BCUT2D eigenvalue weighted by atomic mass is 19.1. The first kappa shape index (κ1) is 16.3. The molecule has 4 aromatic heterocycles.